The Morgan fingerprint density at radius 3 is 2.83 bits per heavy atom. The van der Waals surface area contributed by atoms with Crippen LogP contribution in [0.5, 0.6) is 0 Å². The lowest BCUT2D eigenvalue weighted by molar-refractivity contribution is 0.174. The van der Waals surface area contributed by atoms with E-state index >= 15 is 0 Å². The van der Waals surface area contributed by atoms with Gasteiger partial charge in [-0.25, -0.2) is 4.39 Å². The Labute approximate surface area is 114 Å². The molecule has 3 nitrogen and oxygen atoms in total. The van der Waals surface area contributed by atoms with Gasteiger partial charge >= 0.3 is 0 Å². The minimum Gasteiger partial charge on any atom is -0.383 e. The van der Waals surface area contributed by atoms with Crippen LogP contribution in [0.2, 0.25) is 5.02 Å². The molecule has 0 aliphatic rings. The van der Waals surface area contributed by atoms with Gasteiger partial charge in [-0.3, -0.25) is 4.21 Å². The molecule has 0 radical (unpaired) electrons. The highest BCUT2D eigenvalue weighted by Gasteiger charge is 2.14. The van der Waals surface area contributed by atoms with Crippen molar-refractivity contribution in [1.82, 2.24) is 5.32 Å². The molecule has 1 aromatic rings. The lowest BCUT2D eigenvalue weighted by Gasteiger charge is -2.16. The highest BCUT2D eigenvalue weighted by Crippen LogP contribution is 2.18. The minimum atomic E-state index is -1.23. The second-order valence-electron chi connectivity index (χ2n) is 3.80. The quantitative estimate of drug-likeness (QED) is 0.838. The molecule has 0 fully saturated rings. The third kappa shape index (κ3) is 4.65. The summed E-state index contributed by atoms with van der Waals surface area (Å²) >= 11 is 5.67. The molecule has 2 atom stereocenters. The molecule has 0 aromatic heterocycles. The first-order valence-electron chi connectivity index (χ1n) is 5.64. The maximum atomic E-state index is 13.0. The van der Waals surface area contributed by atoms with E-state index in [1.165, 1.54) is 18.2 Å². The van der Waals surface area contributed by atoms with Crippen molar-refractivity contribution in [1.29, 1.82) is 0 Å². The van der Waals surface area contributed by atoms with Gasteiger partial charge in [-0.05, 0) is 24.7 Å². The van der Waals surface area contributed by atoms with E-state index in [-0.39, 0.29) is 11.1 Å². The van der Waals surface area contributed by atoms with E-state index in [1.54, 1.807) is 7.11 Å². The Kier molecular flexibility index (Phi) is 6.78. The molecule has 0 amide bonds. The molecule has 6 heteroatoms. The van der Waals surface area contributed by atoms with Gasteiger partial charge in [0.2, 0.25) is 0 Å². The number of likely N-dealkylation sites (N-methyl/N-ethyl adjacent to an activating group) is 1. The Hall–Kier alpha value is -0.490. The van der Waals surface area contributed by atoms with E-state index in [1.807, 2.05) is 6.92 Å². The topological polar surface area (TPSA) is 38.3 Å². The lowest BCUT2D eigenvalue weighted by Crippen LogP contribution is -2.37. The Balaban J connectivity index is 2.70. The zero-order valence-corrected chi connectivity index (χ0v) is 12.0. The monoisotopic (exact) mass is 293 g/mol. The Morgan fingerprint density at radius 2 is 2.28 bits per heavy atom. The third-order valence-corrected chi connectivity index (χ3v) is 4.14. The van der Waals surface area contributed by atoms with E-state index in [9.17, 15) is 8.60 Å². The molecular formula is C12H17ClFNO2S. The number of hydrogen-bond acceptors (Lipinski definition) is 3. The molecule has 2 unspecified atom stereocenters. The normalized spacial score (nSPS) is 14.4. The van der Waals surface area contributed by atoms with Gasteiger partial charge in [-0.2, -0.15) is 0 Å². The van der Waals surface area contributed by atoms with Crippen LogP contribution in [-0.2, 0) is 15.5 Å². The van der Waals surface area contributed by atoms with Crippen LogP contribution in [-0.4, -0.2) is 36.3 Å². The number of halogens is 2. The van der Waals surface area contributed by atoms with Gasteiger partial charge in [-0.1, -0.05) is 18.5 Å². The molecule has 1 aromatic carbocycles. The maximum Gasteiger partial charge on any atom is 0.141 e. The third-order valence-electron chi connectivity index (χ3n) is 2.37. The molecule has 1 rings (SSSR count). The van der Waals surface area contributed by atoms with Gasteiger partial charge in [0.25, 0.3) is 0 Å². The summed E-state index contributed by atoms with van der Waals surface area (Å²) in [5.74, 6) is -0.0959. The van der Waals surface area contributed by atoms with Crippen molar-refractivity contribution >= 4 is 22.4 Å². The predicted molar refractivity (Wildman–Crippen MR) is 72.0 cm³/mol. The van der Waals surface area contributed by atoms with Crippen LogP contribution < -0.4 is 5.32 Å². The zero-order valence-electron chi connectivity index (χ0n) is 10.4. The summed E-state index contributed by atoms with van der Waals surface area (Å²) < 4.78 is 30.2. The number of ether oxygens (including phenoxy) is 1. The fraction of sp³-hybridized carbons (Fsp3) is 0.500. The summed E-state index contributed by atoms with van der Waals surface area (Å²) in [5.41, 5.74) is 0. The standard InChI is InChI=1S/C12H17ClFNO2S/c1-3-15-9(7-17-2)8-18(16)10-4-5-12(14)11(13)6-10/h4-6,9,15H,3,7-8H2,1-2H3. The molecule has 0 saturated carbocycles. The summed E-state index contributed by atoms with van der Waals surface area (Å²) in [6, 6.07) is 4.13. The first-order chi connectivity index (χ1) is 8.58. The molecule has 0 aliphatic carbocycles. The van der Waals surface area contributed by atoms with Gasteiger partial charge in [-0.15, -0.1) is 0 Å². The second kappa shape index (κ2) is 7.84. The number of nitrogens with one attached hydrogen (secondary N) is 1. The van der Waals surface area contributed by atoms with Crippen LogP contribution in [0, 0.1) is 5.82 Å². The molecular weight excluding hydrogens is 277 g/mol. The zero-order chi connectivity index (χ0) is 13.5. The summed E-state index contributed by atoms with van der Waals surface area (Å²) in [4.78, 5) is 0.528. The van der Waals surface area contributed by atoms with Crippen molar-refractivity contribution in [2.24, 2.45) is 0 Å². The molecule has 1 N–H and O–H groups in total. The molecule has 0 spiro atoms. The number of hydrogen-bond donors (Lipinski definition) is 1. The van der Waals surface area contributed by atoms with Crippen molar-refractivity contribution in [3.63, 3.8) is 0 Å². The van der Waals surface area contributed by atoms with E-state index < -0.39 is 16.6 Å². The van der Waals surface area contributed by atoms with Gasteiger partial charge in [0.05, 0.1) is 22.4 Å². The predicted octanol–water partition coefficient (Wildman–Crippen LogP) is 2.21. The first kappa shape index (κ1) is 15.6. The van der Waals surface area contributed by atoms with Crippen molar-refractivity contribution < 1.29 is 13.3 Å². The number of rotatable bonds is 7. The molecule has 0 saturated heterocycles. The van der Waals surface area contributed by atoms with Crippen molar-refractivity contribution in [2.45, 2.75) is 17.9 Å². The Morgan fingerprint density at radius 1 is 1.56 bits per heavy atom. The highest BCUT2D eigenvalue weighted by molar-refractivity contribution is 7.85. The van der Waals surface area contributed by atoms with Crippen LogP contribution >= 0.6 is 11.6 Å². The van der Waals surface area contributed by atoms with E-state index in [0.717, 1.165) is 6.54 Å². The highest BCUT2D eigenvalue weighted by atomic mass is 35.5. The molecule has 18 heavy (non-hydrogen) atoms. The van der Waals surface area contributed by atoms with Gasteiger partial charge in [0.1, 0.15) is 5.82 Å². The summed E-state index contributed by atoms with van der Waals surface area (Å²) in [7, 11) is 0.371. The summed E-state index contributed by atoms with van der Waals surface area (Å²) in [6.45, 7) is 3.23. The molecule has 0 heterocycles. The van der Waals surface area contributed by atoms with E-state index in [4.69, 9.17) is 16.3 Å². The van der Waals surface area contributed by atoms with Gasteiger partial charge in [0, 0.05) is 23.8 Å². The smallest absolute Gasteiger partial charge is 0.141 e. The largest absolute Gasteiger partial charge is 0.383 e. The van der Waals surface area contributed by atoms with Crippen LogP contribution in [0.1, 0.15) is 6.92 Å². The fourth-order valence-corrected chi connectivity index (χ4v) is 3.04. The van der Waals surface area contributed by atoms with Gasteiger partial charge in [0.15, 0.2) is 0 Å². The first-order valence-corrected chi connectivity index (χ1v) is 7.34. The SMILES string of the molecule is CCNC(COC)CS(=O)c1ccc(F)c(Cl)c1. The van der Waals surface area contributed by atoms with Crippen LogP contribution in [0.15, 0.2) is 23.1 Å². The van der Waals surface area contributed by atoms with Crippen molar-refractivity contribution in [3.05, 3.63) is 29.0 Å². The molecule has 102 valence electrons. The summed E-state index contributed by atoms with van der Waals surface area (Å²) in [6.07, 6.45) is 0. The van der Waals surface area contributed by atoms with Crippen LogP contribution in [0.25, 0.3) is 0 Å². The number of benzene rings is 1. The number of methoxy groups -OCH3 is 1. The van der Waals surface area contributed by atoms with Crippen LogP contribution in [0.3, 0.4) is 0 Å². The Bertz CT molecular complexity index is 411. The second-order valence-corrected chi connectivity index (χ2v) is 5.70. The minimum absolute atomic E-state index is 0.00432. The van der Waals surface area contributed by atoms with Crippen LogP contribution in [0.4, 0.5) is 4.39 Å². The summed E-state index contributed by atoms with van der Waals surface area (Å²) in [5, 5.41) is 3.18. The van der Waals surface area contributed by atoms with E-state index in [0.29, 0.717) is 17.3 Å². The molecule has 0 aliphatic heterocycles. The molecule has 0 bridgehead atoms. The van der Waals surface area contributed by atoms with Gasteiger partial charge < -0.3 is 10.1 Å². The average molecular weight is 294 g/mol. The fourth-order valence-electron chi connectivity index (χ4n) is 1.55. The lowest BCUT2D eigenvalue weighted by atomic mass is 10.3. The van der Waals surface area contributed by atoms with Crippen molar-refractivity contribution in [3.8, 4) is 0 Å². The van der Waals surface area contributed by atoms with Crippen molar-refractivity contribution in [2.75, 3.05) is 26.0 Å². The average Bonchev–Trinajstić information content (AvgIpc) is 2.33. The van der Waals surface area contributed by atoms with E-state index in [2.05, 4.69) is 5.32 Å². The maximum absolute atomic E-state index is 13.0.